The summed E-state index contributed by atoms with van der Waals surface area (Å²) in [5, 5.41) is 3.39. The molecule has 0 saturated heterocycles. The molecule has 0 fully saturated rings. The van der Waals surface area contributed by atoms with Gasteiger partial charge in [-0.15, -0.1) is 0 Å². The van der Waals surface area contributed by atoms with Gasteiger partial charge in [0, 0.05) is 26.1 Å². The Morgan fingerprint density at radius 3 is 2.95 bits per heavy atom. The number of halogens is 1. The maximum Gasteiger partial charge on any atom is 0.175 e. The Morgan fingerprint density at radius 1 is 1.35 bits per heavy atom. The summed E-state index contributed by atoms with van der Waals surface area (Å²) in [5.74, 6) is 1.64. The first kappa shape index (κ1) is 15.6. The summed E-state index contributed by atoms with van der Waals surface area (Å²) < 4.78 is 17.9. The van der Waals surface area contributed by atoms with E-state index in [1.165, 1.54) is 5.56 Å². The van der Waals surface area contributed by atoms with E-state index in [0.717, 1.165) is 42.1 Å². The van der Waals surface area contributed by atoms with Gasteiger partial charge in [-0.25, -0.2) is 0 Å². The van der Waals surface area contributed by atoms with Gasteiger partial charge in [0.25, 0.3) is 0 Å². The molecule has 1 aromatic rings. The second-order valence-corrected chi connectivity index (χ2v) is 5.71. The molecular formula is C15H22BrNO3. The van der Waals surface area contributed by atoms with E-state index in [-0.39, 0.29) is 6.10 Å². The van der Waals surface area contributed by atoms with Crippen LogP contribution in [0.5, 0.6) is 11.5 Å². The summed E-state index contributed by atoms with van der Waals surface area (Å²) in [6.07, 6.45) is 1.14. The normalized spacial score (nSPS) is 15.8. The van der Waals surface area contributed by atoms with Gasteiger partial charge in [0.1, 0.15) is 0 Å². The molecule has 1 aliphatic heterocycles. The third kappa shape index (κ3) is 4.36. The Bertz CT molecular complexity index is 439. The van der Waals surface area contributed by atoms with Crippen LogP contribution >= 0.6 is 15.9 Å². The summed E-state index contributed by atoms with van der Waals surface area (Å²) >= 11 is 3.56. The zero-order valence-corrected chi connectivity index (χ0v) is 13.7. The molecule has 0 spiro atoms. The van der Waals surface area contributed by atoms with Crippen LogP contribution in [0.2, 0.25) is 0 Å². The van der Waals surface area contributed by atoms with Crippen LogP contribution in [0, 0.1) is 0 Å². The first-order valence-corrected chi connectivity index (χ1v) is 7.90. The number of hydrogen-bond acceptors (Lipinski definition) is 4. The van der Waals surface area contributed by atoms with Crippen LogP contribution in [-0.2, 0) is 11.3 Å². The number of rotatable bonds is 6. The highest BCUT2D eigenvalue weighted by atomic mass is 79.9. The first-order valence-electron chi connectivity index (χ1n) is 7.11. The fraction of sp³-hybridized carbons (Fsp3) is 0.600. The lowest BCUT2D eigenvalue weighted by molar-refractivity contribution is 0.0759. The lowest BCUT2D eigenvalue weighted by Gasteiger charge is -2.14. The molecule has 0 radical (unpaired) electrons. The van der Waals surface area contributed by atoms with E-state index in [1.807, 2.05) is 13.0 Å². The number of ether oxygens (including phenoxy) is 3. The summed E-state index contributed by atoms with van der Waals surface area (Å²) in [6.45, 7) is 7.86. The van der Waals surface area contributed by atoms with Crippen LogP contribution in [0.1, 0.15) is 25.8 Å². The van der Waals surface area contributed by atoms with Gasteiger partial charge in [0.15, 0.2) is 11.5 Å². The highest BCUT2D eigenvalue weighted by Crippen LogP contribution is 2.38. The van der Waals surface area contributed by atoms with Gasteiger partial charge in [0.2, 0.25) is 0 Å². The van der Waals surface area contributed by atoms with E-state index in [0.29, 0.717) is 13.2 Å². The van der Waals surface area contributed by atoms with Gasteiger partial charge >= 0.3 is 0 Å². The molecule has 0 aromatic heterocycles. The average molecular weight is 344 g/mol. The number of nitrogens with one attached hydrogen (secondary N) is 1. The molecule has 20 heavy (non-hydrogen) atoms. The van der Waals surface area contributed by atoms with Crippen molar-refractivity contribution in [3.8, 4) is 11.5 Å². The van der Waals surface area contributed by atoms with Crippen LogP contribution < -0.4 is 14.8 Å². The van der Waals surface area contributed by atoms with Crippen molar-refractivity contribution in [3.63, 3.8) is 0 Å². The Morgan fingerprint density at radius 2 is 2.15 bits per heavy atom. The summed E-state index contributed by atoms with van der Waals surface area (Å²) in [6, 6.07) is 4.12. The van der Waals surface area contributed by atoms with E-state index >= 15 is 0 Å². The fourth-order valence-electron chi connectivity index (χ4n) is 2.15. The Labute approximate surface area is 128 Å². The molecule has 0 saturated carbocycles. The van der Waals surface area contributed by atoms with Crippen LogP contribution in [-0.4, -0.2) is 32.5 Å². The predicted molar refractivity (Wildman–Crippen MR) is 82.5 cm³/mol. The van der Waals surface area contributed by atoms with Crippen LogP contribution in [0.25, 0.3) is 0 Å². The SMILES string of the molecule is CCOC(C)CNCc1cc(Br)c2c(c1)OCCCO2. The smallest absolute Gasteiger partial charge is 0.175 e. The van der Waals surface area contributed by atoms with Crippen LogP contribution in [0.3, 0.4) is 0 Å². The zero-order chi connectivity index (χ0) is 14.4. The summed E-state index contributed by atoms with van der Waals surface area (Å²) in [5.41, 5.74) is 1.17. The average Bonchev–Trinajstić information content (AvgIpc) is 2.64. The maximum atomic E-state index is 5.73. The van der Waals surface area contributed by atoms with Crippen molar-refractivity contribution < 1.29 is 14.2 Å². The highest BCUT2D eigenvalue weighted by molar-refractivity contribution is 9.10. The van der Waals surface area contributed by atoms with Crippen LogP contribution in [0.4, 0.5) is 0 Å². The Hall–Kier alpha value is -0.780. The molecule has 0 amide bonds. The number of hydrogen-bond donors (Lipinski definition) is 1. The monoisotopic (exact) mass is 343 g/mol. The van der Waals surface area contributed by atoms with Crippen molar-refractivity contribution >= 4 is 15.9 Å². The molecule has 1 atom stereocenters. The third-order valence-electron chi connectivity index (χ3n) is 3.07. The van der Waals surface area contributed by atoms with Crippen LogP contribution in [0.15, 0.2) is 16.6 Å². The van der Waals surface area contributed by atoms with Gasteiger partial charge in [-0.1, -0.05) is 0 Å². The van der Waals surface area contributed by atoms with Gasteiger partial charge in [-0.2, -0.15) is 0 Å². The van der Waals surface area contributed by atoms with Crippen molar-refractivity contribution in [2.24, 2.45) is 0 Å². The minimum Gasteiger partial charge on any atom is -0.490 e. The lowest BCUT2D eigenvalue weighted by atomic mass is 10.2. The lowest BCUT2D eigenvalue weighted by Crippen LogP contribution is -2.26. The molecule has 0 aliphatic carbocycles. The second kappa shape index (κ2) is 7.86. The molecule has 0 bridgehead atoms. The number of fused-ring (bicyclic) bond motifs is 1. The standard InChI is InChI=1S/C15H22BrNO3/c1-3-18-11(2)9-17-10-12-7-13(16)15-14(8-12)19-5-4-6-20-15/h7-8,11,17H,3-6,9-10H2,1-2H3. The minimum absolute atomic E-state index is 0.226. The predicted octanol–water partition coefficient (Wildman–Crippen LogP) is 3.13. The molecule has 2 rings (SSSR count). The first-order chi connectivity index (χ1) is 9.70. The molecule has 4 nitrogen and oxygen atoms in total. The molecule has 1 heterocycles. The number of benzene rings is 1. The van der Waals surface area contributed by atoms with Crippen molar-refractivity contribution in [1.29, 1.82) is 0 Å². The molecule has 1 N–H and O–H groups in total. The highest BCUT2D eigenvalue weighted by Gasteiger charge is 2.15. The van der Waals surface area contributed by atoms with Gasteiger partial charge < -0.3 is 19.5 Å². The van der Waals surface area contributed by atoms with Crippen molar-refractivity contribution in [3.05, 3.63) is 22.2 Å². The topological polar surface area (TPSA) is 39.7 Å². The van der Waals surface area contributed by atoms with Crippen molar-refractivity contribution in [2.75, 3.05) is 26.4 Å². The minimum atomic E-state index is 0.226. The molecular weight excluding hydrogens is 322 g/mol. The third-order valence-corrected chi connectivity index (χ3v) is 3.66. The molecule has 1 unspecified atom stereocenters. The van der Waals surface area contributed by atoms with E-state index in [4.69, 9.17) is 14.2 Å². The molecule has 1 aliphatic rings. The zero-order valence-electron chi connectivity index (χ0n) is 12.1. The largest absolute Gasteiger partial charge is 0.490 e. The second-order valence-electron chi connectivity index (χ2n) is 4.85. The summed E-state index contributed by atoms with van der Waals surface area (Å²) in [4.78, 5) is 0. The van der Waals surface area contributed by atoms with E-state index in [9.17, 15) is 0 Å². The molecule has 5 heteroatoms. The molecule has 1 aromatic carbocycles. The fourth-order valence-corrected chi connectivity index (χ4v) is 2.75. The van der Waals surface area contributed by atoms with Crippen molar-refractivity contribution in [1.82, 2.24) is 5.32 Å². The van der Waals surface area contributed by atoms with Gasteiger partial charge in [-0.05, 0) is 47.5 Å². The van der Waals surface area contributed by atoms with E-state index < -0.39 is 0 Å². The van der Waals surface area contributed by atoms with Gasteiger partial charge in [-0.3, -0.25) is 0 Å². The quantitative estimate of drug-likeness (QED) is 0.861. The Kier molecular flexibility index (Phi) is 6.13. The molecule has 112 valence electrons. The Balaban J connectivity index is 1.95. The maximum absolute atomic E-state index is 5.73. The van der Waals surface area contributed by atoms with E-state index in [1.54, 1.807) is 0 Å². The van der Waals surface area contributed by atoms with Gasteiger partial charge in [0.05, 0.1) is 23.8 Å². The summed E-state index contributed by atoms with van der Waals surface area (Å²) in [7, 11) is 0. The van der Waals surface area contributed by atoms with E-state index in [2.05, 4.69) is 34.2 Å². The van der Waals surface area contributed by atoms with Crippen molar-refractivity contribution in [2.45, 2.75) is 32.9 Å².